The summed E-state index contributed by atoms with van der Waals surface area (Å²) in [6.07, 6.45) is 5.85. The second kappa shape index (κ2) is 19.3. The van der Waals surface area contributed by atoms with Crippen LogP contribution in [0.1, 0.15) is 57.8 Å². The normalized spacial score (nSPS) is 17.4. The second-order valence-electron chi connectivity index (χ2n) is 6.91. The summed E-state index contributed by atoms with van der Waals surface area (Å²) in [5.41, 5.74) is -3.08. The molecule has 0 radical (unpaired) electrons. The van der Waals surface area contributed by atoms with Crippen LogP contribution in [-0.2, 0) is 49.4 Å². The van der Waals surface area contributed by atoms with Gasteiger partial charge in [0.15, 0.2) is 0 Å². The molecule has 0 bridgehead atoms. The smallest absolute Gasteiger partial charge is 0 e. The fourth-order valence-corrected chi connectivity index (χ4v) is 2.66. The van der Waals surface area contributed by atoms with Gasteiger partial charge < -0.3 is 15.3 Å². The number of hydrogen-bond acceptors (Lipinski definition) is 3. The van der Waals surface area contributed by atoms with E-state index in [1.807, 2.05) is 0 Å². The summed E-state index contributed by atoms with van der Waals surface area (Å²) in [4.78, 5) is 40.2. The van der Waals surface area contributed by atoms with Gasteiger partial charge in [-0.25, -0.2) is 34.1 Å². The third kappa shape index (κ3) is 9.73. The van der Waals surface area contributed by atoms with Gasteiger partial charge >= 0.3 is 68.4 Å². The average molecular weight is 555 g/mol. The average Bonchev–Trinajstić information content (AvgIpc) is 2.71. The number of carboxylic acids is 3. The second-order valence-corrected chi connectivity index (χ2v) is 6.91. The van der Waals surface area contributed by atoms with Crippen LogP contribution in [0.4, 0.5) is 0 Å². The zero-order valence-electron chi connectivity index (χ0n) is 17.9. The number of rotatable bonds is 3. The van der Waals surface area contributed by atoms with E-state index in [1.165, 1.54) is 0 Å². The first-order valence-electron chi connectivity index (χ1n) is 9.11. The summed E-state index contributed by atoms with van der Waals surface area (Å²) in [6, 6.07) is 0. The number of carbonyl (C=O) groups is 3. The first kappa shape index (κ1) is 38.1. The maximum absolute atomic E-state index is 10.3. The molecule has 3 aliphatic carbocycles. The third-order valence-corrected chi connectivity index (χ3v) is 5.38. The Balaban J connectivity index is -0.000000176. The van der Waals surface area contributed by atoms with Crippen molar-refractivity contribution in [1.29, 1.82) is 0 Å². The third-order valence-electron chi connectivity index (χ3n) is 5.38. The van der Waals surface area contributed by atoms with Gasteiger partial charge in [0, 0.05) is 59.6 Å². The standard InChI is InChI=1S/3C6H7NO2.3CO.Mo/c3*1-7-6(5(8)9)3-2-4-6;3*1-2;/h3*2-4H2,(H,8,9);;;;. The van der Waals surface area contributed by atoms with Crippen molar-refractivity contribution in [2.75, 3.05) is 0 Å². The van der Waals surface area contributed by atoms with E-state index < -0.39 is 34.5 Å². The molecule has 0 amide bonds. The molecule has 0 saturated heterocycles. The van der Waals surface area contributed by atoms with Crippen molar-refractivity contribution in [3.63, 3.8) is 0 Å². The molecule has 0 spiro atoms. The fourth-order valence-electron chi connectivity index (χ4n) is 2.66. The van der Waals surface area contributed by atoms with Crippen molar-refractivity contribution >= 4 is 17.9 Å². The van der Waals surface area contributed by atoms with Crippen LogP contribution < -0.4 is 0 Å². The Labute approximate surface area is 211 Å². The van der Waals surface area contributed by atoms with Crippen molar-refractivity contribution in [3.05, 3.63) is 54.2 Å². The summed E-state index contributed by atoms with van der Waals surface area (Å²) in [7, 11) is 0. The minimum atomic E-state index is -1.03. The van der Waals surface area contributed by atoms with Crippen LogP contribution in [0.15, 0.2) is 0 Å². The predicted octanol–water partition coefficient (Wildman–Crippen LogP) is 2.62. The molecule has 0 atom stereocenters. The van der Waals surface area contributed by atoms with Gasteiger partial charge in [0.2, 0.25) is 0 Å². The molecule has 3 rings (SSSR count). The molecular weight excluding hydrogens is 534 g/mol. The molecule has 3 aliphatic rings. The minimum Gasteiger partial charge on any atom is 0 e. The van der Waals surface area contributed by atoms with Gasteiger partial charge in [-0.05, 0) is 19.3 Å². The van der Waals surface area contributed by atoms with Gasteiger partial charge in [-0.1, -0.05) is 0 Å². The molecule has 0 aromatic carbocycles. The first-order valence-corrected chi connectivity index (χ1v) is 9.11. The molecule has 34 heavy (non-hydrogen) atoms. The maximum Gasteiger partial charge on any atom is 0 e. The zero-order valence-corrected chi connectivity index (χ0v) is 19.9. The van der Waals surface area contributed by atoms with E-state index in [-0.39, 0.29) is 21.1 Å². The van der Waals surface area contributed by atoms with Crippen molar-refractivity contribution in [2.45, 2.75) is 74.4 Å². The quantitative estimate of drug-likeness (QED) is 0.273. The van der Waals surface area contributed by atoms with Gasteiger partial charge in [0.1, 0.15) is 0 Å². The summed E-state index contributed by atoms with van der Waals surface area (Å²) in [5, 5.41) is 25.4. The van der Waals surface area contributed by atoms with Crippen LogP contribution in [0.5, 0.6) is 0 Å². The van der Waals surface area contributed by atoms with Crippen molar-refractivity contribution < 1.29 is 64.7 Å². The minimum absolute atomic E-state index is 0. The van der Waals surface area contributed by atoms with Crippen LogP contribution >= 0.6 is 0 Å². The Morgan fingerprint density at radius 1 is 0.529 bits per heavy atom. The van der Waals surface area contributed by atoms with Crippen LogP contribution in [0.3, 0.4) is 0 Å². The molecule has 0 unspecified atom stereocenters. The van der Waals surface area contributed by atoms with Gasteiger partial charge in [-0.2, -0.15) is 0 Å². The predicted molar refractivity (Wildman–Crippen MR) is 104 cm³/mol. The van der Waals surface area contributed by atoms with Crippen molar-refractivity contribution in [3.8, 4) is 0 Å². The topological polar surface area (TPSA) is 185 Å². The van der Waals surface area contributed by atoms with E-state index in [2.05, 4.69) is 34.5 Å². The number of hydrogen-bond donors (Lipinski definition) is 3. The molecule has 0 heterocycles. The summed E-state index contributed by atoms with van der Waals surface area (Å²) >= 11 is 0. The molecule has 0 aromatic rings. The molecular formula is C21H21MoN3O9. The Kier molecular flexibility index (Phi) is 21.6. The molecule has 12 nitrogen and oxygen atoms in total. The molecule has 3 fully saturated rings. The fraction of sp³-hybridized carbons (Fsp3) is 0.571. The van der Waals surface area contributed by atoms with E-state index >= 15 is 0 Å². The van der Waals surface area contributed by atoms with E-state index in [4.69, 9.17) is 49.0 Å². The van der Waals surface area contributed by atoms with Crippen molar-refractivity contribution in [2.24, 2.45) is 0 Å². The monoisotopic (exact) mass is 557 g/mol. The summed E-state index contributed by atoms with van der Waals surface area (Å²) < 4.78 is 22.5. The zero-order chi connectivity index (χ0) is 26.7. The Hall–Kier alpha value is -3.21. The van der Waals surface area contributed by atoms with Crippen LogP contribution in [0, 0.1) is 39.7 Å². The van der Waals surface area contributed by atoms with E-state index in [1.54, 1.807) is 0 Å². The first-order chi connectivity index (χ1) is 15.6. The van der Waals surface area contributed by atoms with E-state index in [0.29, 0.717) is 38.5 Å². The molecule has 0 aromatic heterocycles. The Morgan fingerprint density at radius 2 is 0.676 bits per heavy atom. The molecule has 180 valence electrons. The van der Waals surface area contributed by atoms with Gasteiger partial charge in [0.05, 0.1) is 0 Å². The van der Waals surface area contributed by atoms with Crippen molar-refractivity contribution in [1.82, 2.24) is 0 Å². The van der Waals surface area contributed by atoms with E-state index in [9.17, 15) is 14.4 Å². The molecule has 0 aliphatic heterocycles. The number of carboxylic acid groups (broad SMARTS) is 3. The number of aliphatic carboxylic acids is 3. The maximum atomic E-state index is 10.3. The van der Waals surface area contributed by atoms with Crippen LogP contribution in [0.2, 0.25) is 0 Å². The number of nitrogens with zero attached hydrogens (tertiary/aromatic N) is 3. The van der Waals surface area contributed by atoms with Crippen LogP contribution in [0.25, 0.3) is 14.5 Å². The van der Waals surface area contributed by atoms with E-state index in [0.717, 1.165) is 19.3 Å². The summed E-state index contributed by atoms with van der Waals surface area (Å²) in [6.45, 7) is 33.2. The Morgan fingerprint density at radius 3 is 0.676 bits per heavy atom. The summed E-state index contributed by atoms with van der Waals surface area (Å²) in [5.74, 6) is -2.86. The van der Waals surface area contributed by atoms with Crippen LogP contribution in [-0.4, -0.2) is 49.8 Å². The van der Waals surface area contributed by atoms with Gasteiger partial charge in [-0.15, -0.1) is 0 Å². The van der Waals surface area contributed by atoms with Gasteiger partial charge in [-0.3, -0.25) is 14.5 Å². The largest absolute Gasteiger partial charge is 0 e. The molecule has 3 saturated carbocycles. The Bertz CT molecular complexity index is 749. The molecule has 3 N–H and O–H groups in total. The molecule has 13 heteroatoms. The SMILES string of the molecule is [C-]#[N+]C1(C(=O)O)CCC1.[C-]#[N+]C1(C(=O)O)CCC1.[C-]#[N+]C1(C(=O)O)CCC1.[C-]#[O+].[C-]#[O+].[C-]#[O+].[Mo]. The van der Waals surface area contributed by atoms with Gasteiger partial charge in [0.25, 0.3) is 0 Å².